The number of rotatable bonds is 5. The molecule has 2 aromatic heterocycles. The molecule has 7 heteroatoms. The van der Waals surface area contributed by atoms with Crippen LogP contribution in [-0.4, -0.2) is 38.7 Å². The van der Waals surface area contributed by atoms with Gasteiger partial charge in [0.05, 0.1) is 19.3 Å². The molecule has 26 heavy (non-hydrogen) atoms. The van der Waals surface area contributed by atoms with Gasteiger partial charge in [0, 0.05) is 18.9 Å². The highest BCUT2D eigenvalue weighted by Crippen LogP contribution is 2.32. The minimum atomic E-state index is 0.118. The Bertz CT molecular complexity index is 852. The molecular formula is C19H21N5O2. The lowest BCUT2D eigenvalue weighted by Crippen LogP contribution is -2.33. The molecule has 1 unspecified atom stereocenters. The van der Waals surface area contributed by atoms with Crippen LogP contribution >= 0.6 is 0 Å². The maximum atomic E-state index is 5.58. The lowest BCUT2D eigenvalue weighted by Gasteiger charge is -2.33. The Kier molecular flexibility index (Phi) is 4.88. The third kappa shape index (κ3) is 3.57. The predicted octanol–water partition coefficient (Wildman–Crippen LogP) is 3.26. The molecule has 3 aromatic rings. The molecule has 1 aliphatic heterocycles. The first-order valence-electron chi connectivity index (χ1n) is 8.80. The van der Waals surface area contributed by atoms with Crippen LogP contribution in [0.3, 0.4) is 0 Å². The molecule has 0 N–H and O–H groups in total. The standard InChI is InChI=1S/C19H21N5O2/c1-25-15-6-4-5-14(11-15)13-24-10-3-2-7-17(24)19-22-18(23-26-19)16-12-20-8-9-21-16/h4-6,8-9,11-12,17H,2-3,7,10,13H2,1H3. The van der Waals surface area contributed by atoms with Gasteiger partial charge in [-0.05, 0) is 37.1 Å². The number of methoxy groups -OCH3 is 1. The van der Waals surface area contributed by atoms with Gasteiger partial charge in [-0.2, -0.15) is 4.98 Å². The predicted molar refractivity (Wildman–Crippen MR) is 95.3 cm³/mol. The van der Waals surface area contributed by atoms with E-state index in [0.29, 0.717) is 17.4 Å². The summed E-state index contributed by atoms with van der Waals surface area (Å²) in [7, 11) is 1.69. The molecule has 1 aliphatic rings. The Morgan fingerprint density at radius 3 is 3.08 bits per heavy atom. The Labute approximate surface area is 152 Å². The van der Waals surface area contributed by atoms with E-state index in [4.69, 9.17) is 9.26 Å². The zero-order chi connectivity index (χ0) is 17.8. The average Bonchev–Trinajstić information content (AvgIpc) is 3.19. The fourth-order valence-corrected chi connectivity index (χ4v) is 3.35. The highest BCUT2D eigenvalue weighted by atomic mass is 16.5. The van der Waals surface area contributed by atoms with Crippen molar-refractivity contribution in [3.05, 3.63) is 54.3 Å². The molecule has 0 bridgehead atoms. The molecule has 0 saturated carbocycles. The zero-order valence-electron chi connectivity index (χ0n) is 14.7. The van der Waals surface area contributed by atoms with E-state index in [9.17, 15) is 0 Å². The molecular weight excluding hydrogens is 330 g/mol. The number of likely N-dealkylation sites (tertiary alicyclic amines) is 1. The van der Waals surface area contributed by atoms with Crippen LogP contribution in [0.1, 0.15) is 36.8 Å². The summed E-state index contributed by atoms with van der Waals surface area (Å²) >= 11 is 0. The second-order valence-corrected chi connectivity index (χ2v) is 6.38. The van der Waals surface area contributed by atoms with Gasteiger partial charge in [-0.25, -0.2) is 4.98 Å². The highest BCUT2D eigenvalue weighted by molar-refractivity contribution is 5.45. The highest BCUT2D eigenvalue weighted by Gasteiger charge is 2.29. The van der Waals surface area contributed by atoms with Crippen LogP contribution in [-0.2, 0) is 6.54 Å². The van der Waals surface area contributed by atoms with Crippen molar-refractivity contribution in [3.63, 3.8) is 0 Å². The Morgan fingerprint density at radius 2 is 2.23 bits per heavy atom. The van der Waals surface area contributed by atoms with Gasteiger partial charge in [-0.1, -0.05) is 23.7 Å². The van der Waals surface area contributed by atoms with Crippen molar-refractivity contribution in [3.8, 4) is 17.3 Å². The first kappa shape index (κ1) is 16.7. The number of piperidine rings is 1. The monoisotopic (exact) mass is 351 g/mol. The van der Waals surface area contributed by atoms with Gasteiger partial charge < -0.3 is 9.26 Å². The van der Waals surface area contributed by atoms with Gasteiger partial charge in [0.2, 0.25) is 11.7 Å². The fraction of sp³-hybridized carbons (Fsp3) is 0.368. The third-order valence-electron chi connectivity index (χ3n) is 4.65. The molecule has 4 rings (SSSR count). The summed E-state index contributed by atoms with van der Waals surface area (Å²) in [4.78, 5) is 15.3. The molecule has 3 heterocycles. The van der Waals surface area contributed by atoms with Crippen molar-refractivity contribution in [2.45, 2.75) is 31.8 Å². The summed E-state index contributed by atoms with van der Waals surface area (Å²) < 4.78 is 10.9. The molecule has 1 atom stereocenters. The van der Waals surface area contributed by atoms with E-state index in [1.165, 1.54) is 12.0 Å². The topological polar surface area (TPSA) is 77.2 Å². The van der Waals surface area contributed by atoms with Crippen LogP contribution in [0.2, 0.25) is 0 Å². The Morgan fingerprint density at radius 1 is 1.27 bits per heavy atom. The summed E-state index contributed by atoms with van der Waals surface area (Å²) in [6.45, 7) is 1.83. The van der Waals surface area contributed by atoms with Crippen LogP contribution in [0, 0.1) is 0 Å². The maximum absolute atomic E-state index is 5.58. The summed E-state index contributed by atoms with van der Waals surface area (Å²) in [5.41, 5.74) is 1.84. The van der Waals surface area contributed by atoms with Gasteiger partial charge in [-0.3, -0.25) is 9.88 Å². The lowest BCUT2D eigenvalue weighted by atomic mass is 10.0. The summed E-state index contributed by atoms with van der Waals surface area (Å²) in [6, 6.07) is 8.29. The van der Waals surface area contributed by atoms with E-state index >= 15 is 0 Å². The van der Waals surface area contributed by atoms with E-state index in [1.54, 1.807) is 25.7 Å². The number of hydrogen-bond acceptors (Lipinski definition) is 7. The van der Waals surface area contributed by atoms with Crippen molar-refractivity contribution in [2.75, 3.05) is 13.7 Å². The average molecular weight is 351 g/mol. The molecule has 134 valence electrons. The van der Waals surface area contributed by atoms with Crippen molar-refractivity contribution in [2.24, 2.45) is 0 Å². The van der Waals surface area contributed by atoms with Crippen LogP contribution < -0.4 is 4.74 Å². The zero-order valence-corrected chi connectivity index (χ0v) is 14.7. The molecule has 7 nitrogen and oxygen atoms in total. The molecule has 1 aromatic carbocycles. The number of benzene rings is 1. The minimum Gasteiger partial charge on any atom is -0.497 e. The lowest BCUT2D eigenvalue weighted by molar-refractivity contribution is 0.111. The third-order valence-corrected chi connectivity index (χ3v) is 4.65. The van der Waals surface area contributed by atoms with E-state index in [2.05, 4.69) is 37.1 Å². The van der Waals surface area contributed by atoms with E-state index < -0.39 is 0 Å². The number of ether oxygens (including phenoxy) is 1. The van der Waals surface area contributed by atoms with Crippen molar-refractivity contribution in [1.29, 1.82) is 0 Å². The van der Waals surface area contributed by atoms with Gasteiger partial charge in [-0.15, -0.1) is 0 Å². The first-order chi connectivity index (χ1) is 12.8. The fourth-order valence-electron chi connectivity index (χ4n) is 3.35. The molecule has 0 radical (unpaired) electrons. The van der Waals surface area contributed by atoms with E-state index in [1.807, 2.05) is 12.1 Å². The van der Waals surface area contributed by atoms with Crippen LogP contribution in [0.25, 0.3) is 11.5 Å². The van der Waals surface area contributed by atoms with Gasteiger partial charge in [0.1, 0.15) is 11.4 Å². The quantitative estimate of drug-likeness (QED) is 0.698. The van der Waals surface area contributed by atoms with Crippen molar-refractivity contribution in [1.82, 2.24) is 25.0 Å². The van der Waals surface area contributed by atoms with Crippen LogP contribution in [0.4, 0.5) is 0 Å². The number of aromatic nitrogens is 4. The van der Waals surface area contributed by atoms with Crippen LogP contribution in [0.5, 0.6) is 5.75 Å². The molecule has 0 spiro atoms. The molecule has 0 aliphatic carbocycles. The van der Waals surface area contributed by atoms with Crippen molar-refractivity contribution >= 4 is 0 Å². The number of nitrogens with zero attached hydrogens (tertiary/aromatic N) is 5. The van der Waals surface area contributed by atoms with Crippen LogP contribution in [0.15, 0.2) is 47.4 Å². The summed E-state index contributed by atoms with van der Waals surface area (Å²) in [5, 5.41) is 4.10. The minimum absolute atomic E-state index is 0.118. The summed E-state index contributed by atoms with van der Waals surface area (Å²) in [5.74, 6) is 2.01. The van der Waals surface area contributed by atoms with Crippen molar-refractivity contribution < 1.29 is 9.26 Å². The van der Waals surface area contributed by atoms with Gasteiger partial charge >= 0.3 is 0 Å². The van der Waals surface area contributed by atoms with E-state index in [0.717, 1.165) is 31.7 Å². The SMILES string of the molecule is COc1cccc(CN2CCCCC2c2nc(-c3cnccn3)no2)c1. The largest absolute Gasteiger partial charge is 0.497 e. The van der Waals surface area contributed by atoms with Gasteiger partial charge in [0.25, 0.3) is 0 Å². The first-order valence-corrected chi connectivity index (χ1v) is 8.80. The van der Waals surface area contributed by atoms with E-state index in [-0.39, 0.29) is 6.04 Å². The molecule has 0 amide bonds. The Hall–Kier alpha value is -2.80. The maximum Gasteiger partial charge on any atom is 0.244 e. The Balaban J connectivity index is 1.55. The smallest absolute Gasteiger partial charge is 0.244 e. The molecule has 1 fully saturated rings. The summed E-state index contributed by atoms with van der Waals surface area (Å²) in [6.07, 6.45) is 8.23. The normalized spacial score (nSPS) is 18.0. The number of hydrogen-bond donors (Lipinski definition) is 0. The van der Waals surface area contributed by atoms with Gasteiger partial charge in [0.15, 0.2) is 0 Å². The second-order valence-electron chi connectivity index (χ2n) is 6.38. The molecule has 1 saturated heterocycles. The second kappa shape index (κ2) is 7.61.